The molecule has 42 heavy (non-hydrogen) atoms. The topological polar surface area (TPSA) is 135 Å². The Balaban J connectivity index is 0.000000302. The van der Waals surface area contributed by atoms with Crippen molar-refractivity contribution in [2.24, 2.45) is 5.73 Å². The van der Waals surface area contributed by atoms with Crippen LogP contribution in [0.5, 0.6) is 11.8 Å². The maximum atomic E-state index is 11.5. The number of carbonyl (C=O) groups is 1. The Morgan fingerprint density at radius 1 is 0.833 bits per heavy atom. The minimum atomic E-state index is -0.538. The SMILES string of the molecule is CC(C)(C)OC(=O)NCCOc1cc(-c2ccc(Cl)cc2Cl)on1.Cl.NCCOc1cc(-c2ccc(Cl)cc2Cl)on1. The molecule has 0 saturated heterocycles. The van der Waals surface area contributed by atoms with Gasteiger partial charge in [0.2, 0.25) is 0 Å². The van der Waals surface area contributed by atoms with Crippen LogP contribution in [-0.4, -0.2) is 48.3 Å². The number of aromatic nitrogens is 2. The molecule has 0 fully saturated rings. The van der Waals surface area contributed by atoms with Gasteiger partial charge in [-0.1, -0.05) is 46.4 Å². The van der Waals surface area contributed by atoms with Crippen molar-refractivity contribution in [3.05, 3.63) is 68.6 Å². The fourth-order valence-corrected chi connectivity index (χ4v) is 4.08. The maximum absolute atomic E-state index is 11.5. The standard InChI is InChI=1S/C16H18Cl2N2O4.C11H10Cl2N2O2.ClH/c1-16(2,3)23-15(21)19-6-7-22-14-9-13(24-20-14)11-5-4-10(17)8-12(11)18;12-7-1-2-8(9(13)5-7)10-6-11(15-17-10)16-4-3-14;/h4-5,8-9H,6-7H2,1-3H3,(H,19,21);1-2,5-6H,3-4,14H2;1H. The molecule has 0 radical (unpaired) electrons. The summed E-state index contributed by atoms with van der Waals surface area (Å²) in [5.41, 5.74) is 6.15. The summed E-state index contributed by atoms with van der Waals surface area (Å²) in [6.07, 6.45) is -0.500. The Bertz CT molecular complexity index is 1440. The molecule has 0 aliphatic heterocycles. The lowest BCUT2D eigenvalue weighted by Gasteiger charge is -2.19. The minimum Gasteiger partial charge on any atom is -0.474 e. The molecule has 0 unspecified atom stereocenters. The van der Waals surface area contributed by atoms with Crippen molar-refractivity contribution in [3.8, 4) is 34.4 Å². The molecule has 2 aromatic carbocycles. The number of nitrogens with one attached hydrogen (secondary N) is 1. The molecule has 2 heterocycles. The zero-order valence-electron chi connectivity index (χ0n) is 22.8. The van der Waals surface area contributed by atoms with Crippen LogP contribution in [0.15, 0.2) is 57.6 Å². The zero-order valence-corrected chi connectivity index (χ0v) is 26.6. The highest BCUT2D eigenvalue weighted by molar-refractivity contribution is 6.36. The second kappa shape index (κ2) is 16.7. The molecular formula is C27H29Cl5N4O6. The Kier molecular flexibility index (Phi) is 14.0. The van der Waals surface area contributed by atoms with Crippen molar-refractivity contribution in [2.45, 2.75) is 26.4 Å². The quantitative estimate of drug-likeness (QED) is 0.169. The van der Waals surface area contributed by atoms with Gasteiger partial charge in [0, 0.05) is 39.8 Å². The number of rotatable bonds is 9. The summed E-state index contributed by atoms with van der Waals surface area (Å²) in [5.74, 6) is 1.67. The summed E-state index contributed by atoms with van der Waals surface area (Å²) in [6.45, 7) is 6.69. The average molecular weight is 683 g/mol. The van der Waals surface area contributed by atoms with Crippen LogP contribution >= 0.6 is 58.8 Å². The zero-order chi connectivity index (χ0) is 30.0. The molecule has 0 spiro atoms. The van der Waals surface area contributed by atoms with E-state index in [1.165, 1.54) is 0 Å². The first-order chi connectivity index (χ1) is 19.4. The largest absolute Gasteiger partial charge is 0.474 e. The van der Waals surface area contributed by atoms with Crippen molar-refractivity contribution in [2.75, 3.05) is 26.3 Å². The van der Waals surface area contributed by atoms with Gasteiger partial charge in [0.25, 0.3) is 11.8 Å². The number of carbonyl (C=O) groups excluding carboxylic acids is 1. The molecule has 15 heteroatoms. The fraction of sp³-hybridized carbons (Fsp3) is 0.296. The summed E-state index contributed by atoms with van der Waals surface area (Å²) in [6, 6.07) is 13.5. The van der Waals surface area contributed by atoms with Gasteiger partial charge in [-0.15, -0.1) is 12.4 Å². The number of halogens is 5. The third-order valence-corrected chi connectivity index (χ3v) is 5.85. The Morgan fingerprint density at radius 2 is 1.31 bits per heavy atom. The third kappa shape index (κ3) is 11.4. The lowest BCUT2D eigenvalue weighted by atomic mass is 10.2. The van der Waals surface area contributed by atoms with Gasteiger partial charge >= 0.3 is 6.09 Å². The van der Waals surface area contributed by atoms with Gasteiger partial charge in [-0.25, -0.2) is 4.79 Å². The number of nitrogens with zero attached hydrogens (tertiary/aromatic N) is 2. The molecule has 4 rings (SSSR count). The fourth-order valence-electron chi connectivity index (χ4n) is 3.07. The van der Waals surface area contributed by atoms with E-state index in [0.29, 0.717) is 67.6 Å². The highest BCUT2D eigenvalue weighted by atomic mass is 35.5. The molecule has 0 aliphatic carbocycles. The van der Waals surface area contributed by atoms with Crippen LogP contribution in [0.4, 0.5) is 4.79 Å². The molecule has 0 bridgehead atoms. The molecule has 0 aliphatic rings. The molecular weight excluding hydrogens is 654 g/mol. The van der Waals surface area contributed by atoms with Gasteiger partial charge in [-0.05, 0) is 67.5 Å². The molecule has 2 aromatic heterocycles. The maximum Gasteiger partial charge on any atom is 0.407 e. The van der Waals surface area contributed by atoms with Crippen LogP contribution < -0.4 is 20.5 Å². The number of benzene rings is 2. The van der Waals surface area contributed by atoms with Crippen LogP contribution in [0.2, 0.25) is 20.1 Å². The normalized spacial score (nSPS) is 10.7. The van der Waals surface area contributed by atoms with Gasteiger partial charge in [-0.3, -0.25) is 0 Å². The number of hydrogen-bond donors (Lipinski definition) is 2. The van der Waals surface area contributed by atoms with E-state index in [-0.39, 0.29) is 25.6 Å². The monoisotopic (exact) mass is 680 g/mol. The number of amides is 1. The molecule has 0 atom stereocenters. The molecule has 0 saturated carbocycles. The van der Waals surface area contributed by atoms with Crippen molar-refractivity contribution < 1.29 is 28.1 Å². The highest BCUT2D eigenvalue weighted by Crippen LogP contribution is 2.33. The van der Waals surface area contributed by atoms with E-state index in [2.05, 4.69) is 15.6 Å². The summed E-state index contributed by atoms with van der Waals surface area (Å²) in [4.78, 5) is 11.5. The third-order valence-electron chi connectivity index (χ3n) is 4.76. The summed E-state index contributed by atoms with van der Waals surface area (Å²) in [5, 5.41) is 12.2. The van der Waals surface area contributed by atoms with E-state index >= 15 is 0 Å². The van der Waals surface area contributed by atoms with E-state index in [1.54, 1.807) is 69.3 Å². The molecule has 3 N–H and O–H groups in total. The van der Waals surface area contributed by atoms with Crippen LogP contribution in [0.1, 0.15) is 20.8 Å². The van der Waals surface area contributed by atoms with Crippen LogP contribution in [0, 0.1) is 0 Å². The average Bonchev–Trinajstić information content (AvgIpc) is 3.55. The van der Waals surface area contributed by atoms with E-state index in [4.69, 9.17) is 75.4 Å². The Labute approximate surface area is 269 Å². The molecule has 228 valence electrons. The number of hydrogen-bond acceptors (Lipinski definition) is 9. The van der Waals surface area contributed by atoms with Crippen molar-refractivity contribution in [1.82, 2.24) is 15.6 Å². The summed E-state index contributed by atoms with van der Waals surface area (Å²) >= 11 is 23.8. The molecule has 10 nitrogen and oxygen atoms in total. The second-order valence-corrected chi connectivity index (χ2v) is 10.9. The first-order valence-corrected chi connectivity index (χ1v) is 13.7. The van der Waals surface area contributed by atoms with Crippen molar-refractivity contribution in [1.29, 1.82) is 0 Å². The van der Waals surface area contributed by atoms with Gasteiger partial charge in [0.05, 0.1) is 16.6 Å². The number of nitrogens with two attached hydrogens (primary N) is 1. The van der Waals surface area contributed by atoms with Crippen LogP contribution in [-0.2, 0) is 4.74 Å². The van der Waals surface area contributed by atoms with Crippen LogP contribution in [0.3, 0.4) is 0 Å². The predicted octanol–water partition coefficient (Wildman–Crippen LogP) is 7.96. The minimum absolute atomic E-state index is 0. The Morgan fingerprint density at radius 3 is 1.74 bits per heavy atom. The smallest absolute Gasteiger partial charge is 0.407 e. The first kappa shape index (κ1) is 35.3. The van der Waals surface area contributed by atoms with E-state index < -0.39 is 11.7 Å². The molecule has 4 aromatic rings. The lowest BCUT2D eigenvalue weighted by Crippen LogP contribution is -2.34. The van der Waals surface area contributed by atoms with Gasteiger partial charge in [-0.2, -0.15) is 0 Å². The highest BCUT2D eigenvalue weighted by Gasteiger charge is 2.16. The van der Waals surface area contributed by atoms with Crippen molar-refractivity contribution >= 4 is 64.9 Å². The summed E-state index contributed by atoms with van der Waals surface area (Å²) < 4.78 is 26.1. The second-order valence-electron chi connectivity index (χ2n) is 9.22. The van der Waals surface area contributed by atoms with Gasteiger partial charge in [0.15, 0.2) is 11.5 Å². The van der Waals surface area contributed by atoms with E-state index in [9.17, 15) is 4.79 Å². The first-order valence-electron chi connectivity index (χ1n) is 12.2. The van der Waals surface area contributed by atoms with E-state index in [1.807, 2.05) is 0 Å². The van der Waals surface area contributed by atoms with Gasteiger partial charge in [0.1, 0.15) is 18.8 Å². The number of ether oxygens (including phenoxy) is 3. The van der Waals surface area contributed by atoms with Crippen LogP contribution in [0.25, 0.3) is 22.6 Å². The summed E-state index contributed by atoms with van der Waals surface area (Å²) in [7, 11) is 0. The van der Waals surface area contributed by atoms with Crippen molar-refractivity contribution in [3.63, 3.8) is 0 Å². The predicted molar refractivity (Wildman–Crippen MR) is 165 cm³/mol. The van der Waals surface area contributed by atoms with E-state index in [0.717, 1.165) is 0 Å². The van der Waals surface area contributed by atoms with Gasteiger partial charge < -0.3 is 34.3 Å². The molecule has 1 amide bonds. The lowest BCUT2D eigenvalue weighted by molar-refractivity contribution is 0.0519. The Hall–Kier alpha value is -2.86. The number of alkyl carbamates (subject to hydrolysis) is 1.